The van der Waals surface area contributed by atoms with Crippen molar-refractivity contribution in [2.24, 2.45) is 5.84 Å². The highest BCUT2D eigenvalue weighted by Gasteiger charge is 2.13. The molecule has 1 aromatic carbocycles. The molecule has 3 nitrogen and oxygen atoms in total. The van der Waals surface area contributed by atoms with Crippen LogP contribution in [0, 0.1) is 0 Å². The van der Waals surface area contributed by atoms with Crippen LogP contribution in [0.25, 0.3) is 0 Å². The van der Waals surface area contributed by atoms with E-state index in [0.29, 0.717) is 0 Å². The third-order valence-corrected chi connectivity index (χ3v) is 3.45. The van der Waals surface area contributed by atoms with Gasteiger partial charge >= 0.3 is 0 Å². The zero-order valence-corrected chi connectivity index (χ0v) is 11.4. The molecule has 0 saturated heterocycles. The van der Waals surface area contributed by atoms with Crippen LogP contribution in [-0.2, 0) is 0 Å². The Bertz CT molecular complexity index is 326. The van der Waals surface area contributed by atoms with E-state index in [0.717, 1.165) is 36.6 Å². The van der Waals surface area contributed by atoms with Crippen LogP contribution in [0.1, 0.15) is 31.9 Å². The van der Waals surface area contributed by atoms with E-state index in [1.165, 1.54) is 0 Å². The highest BCUT2D eigenvalue weighted by Crippen LogP contribution is 2.24. The molecule has 1 unspecified atom stereocenters. The maximum Gasteiger partial charge on any atom is 0.0486 e. The van der Waals surface area contributed by atoms with Crippen molar-refractivity contribution in [1.29, 1.82) is 0 Å². The smallest absolute Gasteiger partial charge is 0.0486 e. The van der Waals surface area contributed by atoms with Crippen molar-refractivity contribution in [2.45, 2.75) is 26.3 Å². The van der Waals surface area contributed by atoms with Crippen LogP contribution in [0.3, 0.4) is 0 Å². The minimum atomic E-state index is 0.115. The lowest BCUT2D eigenvalue weighted by atomic mass is 10.0. The van der Waals surface area contributed by atoms with Crippen LogP contribution in [0.15, 0.2) is 24.3 Å². The highest BCUT2D eigenvalue weighted by molar-refractivity contribution is 6.31. The van der Waals surface area contributed by atoms with E-state index in [1.807, 2.05) is 24.3 Å². The zero-order valence-electron chi connectivity index (χ0n) is 10.6. The number of rotatable bonds is 7. The minimum Gasteiger partial charge on any atom is -0.304 e. The molecule has 0 aliphatic carbocycles. The largest absolute Gasteiger partial charge is 0.304 e. The summed E-state index contributed by atoms with van der Waals surface area (Å²) in [7, 11) is 0. The number of benzene rings is 1. The van der Waals surface area contributed by atoms with E-state index in [9.17, 15) is 0 Å². The van der Waals surface area contributed by atoms with Crippen LogP contribution >= 0.6 is 11.6 Å². The summed E-state index contributed by atoms with van der Waals surface area (Å²) in [5, 5.41) is 0.773. The minimum absolute atomic E-state index is 0.115. The second-order valence-electron chi connectivity index (χ2n) is 4.06. The predicted octanol–water partition coefficient (Wildman–Crippen LogP) is 2.58. The van der Waals surface area contributed by atoms with Gasteiger partial charge in [-0.05, 0) is 37.7 Å². The maximum absolute atomic E-state index is 6.17. The Morgan fingerprint density at radius 1 is 1.29 bits per heavy atom. The molecule has 0 aromatic heterocycles. The second-order valence-corrected chi connectivity index (χ2v) is 4.46. The van der Waals surface area contributed by atoms with E-state index < -0.39 is 0 Å². The summed E-state index contributed by atoms with van der Waals surface area (Å²) in [5.74, 6) is 5.62. The van der Waals surface area contributed by atoms with Crippen molar-refractivity contribution in [2.75, 3.05) is 19.6 Å². The van der Waals surface area contributed by atoms with Gasteiger partial charge in [0.1, 0.15) is 0 Å². The van der Waals surface area contributed by atoms with Gasteiger partial charge in [0.15, 0.2) is 0 Å². The second kappa shape index (κ2) is 7.67. The average Bonchev–Trinajstić information content (AvgIpc) is 2.36. The Hall–Kier alpha value is -0.610. The monoisotopic (exact) mass is 255 g/mol. The van der Waals surface area contributed by atoms with E-state index >= 15 is 0 Å². The Morgan fingerprint density at radius 3 is 2.47 bits per heavy atom. The summed E-state index contributed by atoms with van der Waals surface area (Å²) in [6, 6.07) is 7.96. The van der Waals surface area contributed by atoms with Gasteiger partial charge in [0.05, 0.1) is 0 Å². The highest BCUT2D eigenvalue weighted by atomic mass is 35.5. The fraction of sp³-hybridized carbons (Fsp3) is 0.538. The van der Waals surface area contributed by atoms with Gasteiger partial charge in [0.2, 0.25) is 0 Å². The van der Waals surface area contributed by atoms with Crippen molar-refractivity contribution in [3.63, 3.8) is 0 Å². The lowest BCUT2D eigenvalue weighted by Gasteiger charge is -2.23. The summed E-state index contributed by atoms with van der Waals surface area (Å²) in [4.78, 5) is 2.38. The molecule has 1 rings (SSSR count). The predicted molar refractivity (Wildman–Crippen MR) is 73.9 cm³/mol. The van der Waals surface area contributed by atoms with Crippen molar-refractivity contribution in [3.8, 4) is 0 Å². The molecule has 3 N–H and O–H groups in total. The molecule has 0 fully saturated rings. The molecule has 0 aliphatic rings. The first kappa shape index (κ1) is 14.5. The molecule has 0 heterocycles. The first-order valence-corrected chi connectivity index (χ1v) is 6.53. The molecule has 0 bridgehead atoms. The number of nitrogens with one attached hydrogen (secondary N) is 1. The molecule has 96 valence electrons. The van der Waals surface area contributed by atoms with Crippen LogP contribution in [0.2, 0.25) is 5.02 Å². The van der Waals surface area contributed by atoms with Gasteiger partial charge in [-0.25, -0.2) is 0 Å². The normalized spacial score (nSPS) is 13.0. The maximum atomic E-state index is 6.17. The van der Waals surface area contributed by atoms with Crippen LogP contribution < -0.4 is 11.3 Å². The van der Waals surface area contributed by atoms with Gasteiger partial charge in [-0.1, -0.05) is 43.6 Å². The summed E-state index contributed by atoms with van der Waals surface area (Å²) >= 11 is 6.17. The Morgan fingerprint density at radius 2 is 1.94 bits per heavy atom. The summed E-state index contributed by atoms with van der Waals surface area (Å²) in [6.07, 6.45) is 0.960. The Kier molecular flexibility index (Phi) is 6.52. The van der Waals surface area contributed by atoms with Gasteiger partial charge in [0, 0.05) is 11.1 Å². The quantitative estimate of drug-likeness (QED) is 0.581. The summed E-state index contributed by atoms with van der Waals surface area (Å²) < 4.78 is 0. The Labute approximate surface area is 109 Å². The van der Waals surface area contributed by atoms with E-state index in [1.54, 1.807) is 0 Å². The van der Waals surface area contributed by atoms with Crippen molar-refractivity contribution >= 4 is 11.6 Å². The lowest BCUT2D eigenvalue weighted by molar-refractivity contribution is 0.282. The number of hydrogen-bond acceptors (Lipinski definition) is 3. The molecule has 1 aromatic rings. The molecule has 0 amide bonds. The first-order chi connectivity index (χ1) is 8.22. The van der Waals surface area contributed by atoms with Gasteiger partial charge in [0.25, 0.3) is 0 Å². The van der Waals surface area contributed by atoms with E-state index in [2.05, 4.69) is 24.2 Å². The average molecular weight is 256 g/mol. The number of nitrogens with zero attached hydrogens (tertiary/aromatic N) is 1. The molecule has 0 spiro atoms. The topological polar surface area (TPSA) is 41.3 Å². The summed E-state index contributed by atoms with van der Waals surface area (Å²) in [6.45, 7) is 7.49. The lowest BCUT2D eigenvalue weighted by Crippen LogP contribution is -2.32. The van der Waals surface area contributed by atoms with E-state index in [-0.39, 0.29) is 6.04 Å². The van der Waals surface area contributed by atoms with Crippen LogP contribution in [-0.4, -0.2) is 24.5 Å². The van der Waals surface area contributed by atoms with Crippen LogP contribution in [0.4, 0.5) is 0 Å². The molecule has 17 heavy (non-hydrogen) atoms. The van der Waals surface area contributed by atoms with Gasteiger partial charge in [-0.15, -0.1) is 0 Å². The number of hydrogen-bond donors (Lipinski definition) is 2. The van der Waals surface area contributed by atoms with Gasteiger partial charge in [-0.2, -0.15) is 0 Å². The third-order valence-electron chi connectivity index (χ3n) is 3.11. The molecular weight excluding hydrogens is 234 g/mol. The molecule has 0 radical (unpaired) electrons. The molecular formula is C13H22ClN3. The zero-order chi connectivity index (χ0) is 12.7. The van der Waals surface area contributed by atoms with E-state index in [4.69, 9.17) is 17.4 Å². The SMILES string of the molecule is CCN(CC)CCC(NN)c1ccccc1Cl. The fourth-order valence-corrected chi connectivity index (χ4v) is 2.21. The van der Waals surface area contributed by atoms with Gasteiger partial charge in [-0.3, -0.25) is 11.3 Å². The van der Waals surface area contributed by atoms with Crippen molar-refractivity contribution in [3.05, 3.63) is 34.9 Å². The summed E-state index contributed by atoms with van der Waals surface area (Å²) in [5.41, 5.74) is 3.92. The molecule has 0 aliphatic heterocycles. The van der Waals surface area contributed by atoms with Crippen LogP contribution in [0.5, 0.6) is 0 Å². The Balaban J connectivity index is 2.63. The standard InChI is InChI=1S/C13H22ClN3/c1-3-17(4-2)10-9-13(16-15)11-7-5-6-8-12(11)14/h5-8,13,16H,3-4,9-10,15H2,1-2H3. The van der Waals surface area contributed by atoms with Crippen molar-refractivity contribution in [1.82, 2.24) is 10.3 Å². The number of nitrogens with two attached hydrogens (primary N) is 1. The number of halogens is 1. The van der Waals surface area contributed by atoms with Gasteiger partial charge < -0.3 is 4.90 Å². The molecule has 1 atom stereocenters. The molecule has 4 heteroatoms. The molecule has 0 saturated carbocycles. The third kappa shape index (κ3) is 4.28. The number of hydrazine groups is 1. The fourth-order valence-electron chi connectivity index (χ4n) is 1.94. The van der Waals surface area contributed by atoms with Crippen molar-refractivity contribution < 1.29 is 0 Å². The first-order valence-electron chi connectivity index (χ1n) is 6.15.